The van der Waals surface area contributed by atoms with E-state index in [4.69, 9.17) is 5.73 Å². The standard InChI is InChI=1S/C13H15BrFNO/c14-10-4-9(5-11(15)7-10)6-12(17)8-13(16)2-1-3-13/h4-5,7H,1-3,6,8,16H2. The number of halogens is 2. The lowest BCUT2D eigenvalue weighted by Crippen LogP contribution is -2.48. The molecule has 1 aromatic rings. The van der Waals surface area contributed by atoms with Crippen LogP contribution < -0.4 is 5.73 Å². The number of carbonyl (C=O) groups excluding carboxylic acids is 1. The van der Waals surface area contributed by atoms with Crippen molar-refractivity contribution in [2.45, 2.75) is 37.6 Å². The smallest absolute Gasteiger partial charge is 0.139 e. The molecule has 0 bridgehead atoms. The lowest BCUT2D eigenvalue weighted by Gasteiger charge is -2.37. The van der Waals surface area contributed by atoms with Crippen LogP contribution >= 0.6 is 15.9 Å². The average molecular weight is 300 g/mol. The molecule has 0 atom stereocenters. The second-order valence-electron chi connectivity index (χ2n) is 4.89. The minimum atomic E-state index is -0.326. The minimum Gasteiger partial charge on any atom is -0.325 e. The number of hydrogen-bond acceptors (Lipinski definition) is 2. The Bertz CT molecular complexity index is 423. The first-order chi connectivity index (χ1) is 7.97. The van der Waals surface area contributed by atoms with E-state index < -0.39 is 0 Å². The first-order valence-corrected chi connectivity index (χ1v) is 6.52. The maximum absolute atomic E-state index is 13.1. The van der Waals surface area contributed by atoms with E-state index in [0.717, 1.165) is 19.3 Å². The van der Waals surface area contributed by atoms with Gasteiger partial charge in [0.1, 0.15) is 11.6 Å². The normalized spacial score (nSPS) is 17.6. The van der Waals surface area contributed by atoms with E-state index in [1.807, 2.05) is 0 Å². The maximum atomic E-state index is 13.1. The average Bonchev–Trinajstić information content (AvgIpc) is 2.12. The lowest BCUT2D eigenvalue weighted by molar-refractivity contribution is -0.120. The monoisotopic (exact) mass is 299 g/mol. The molecule has 2 N–H and O–H groups in total. The summed E-state index contributed by atoms with van der Waals surface area (Å²) < 4.78 is 13.8. The molecule has 2 rings (SSSR count). The van der Waals surface area contributed by atoms with Gasteiger partial charge in [0.15, 0.2) is 0 Å². The fraction of sp³-hybridized carbons (Fsp3) is 0.462. The third-order valence-electron chi connectivity index (χ3n) is 3.22. The molecule has 0 amide bonds. The molecule has 0 aromatic heterocycles. The van der Waals surface area contributed by atoms with Crippen LogP contribution in [0.15, 0.2) is 22.7 Å². The first kappa shape index (κ1) is 12.7. The Morgan fingerprint density at radius 3 is 2.65 bits per heavy atom. The number of rotatable bonds is 4. The molecule has 17 heavy (non-hydrogen) atoms. The van der Waals surface area contributed by atoms with Gasteiger partial charge in [-0.1, -0.05) is 15.9 Å². The summed E-state index contributed by atoms with van der Waals surface area (Å²) in [6.07, 6.45) is 3.61. The third-order valence-corrected chi connectivity index (χ3v) is 3.68. The Kier molecular flexibility index (Phi) is 3.64. The van der Waals surface area contributed by atoms with E-state index in [1.54, 1.807) is 6.07 Å². The van der Waals surface area contributed by atoms with Crippen LogP contribution in [0, 0.1) is 5.82 Å². The van der Waals surface area contributed by atoms with Crippen molar-refractivity contribution in [2.75, 3.05) is 0 Å². The summed E-state index contributed by atoms with van der Waals surface area (Å²) in [4.78, 5) is 11.8. The highest BCUT2D eigenvalue weighted by atomic mass is 79.9. The Morgan fingerprint density at radius 1 is 1.41 bits per heavy atom. The highest BCUT2D eigenvalue weighted by Crippen LogP contribution is 2.32. The van der Waals surface area contributed by atoms with Crippen molar-refractivity contribution in [2.24, 2.45) is 5.73 Å². The summed E-state index contributed by atoms with van der Waals surface area (Å²) in [6.45, 7) is 0. The van der Waals surface area contributed by atoms with Gasteiger partial charge in [-0.05, 0) is 43.0 Å². The Labute approximate surface area is 109 Å². The van der Waals surface area contributed by atoms with Gasteiger partial charge < -0.3 is 5.73 Å². The van der Waals surface area contributed by atoms with Crippen LogP contribution in [0.25, 0.3) is 0 Å². The number of carbonyl (C=O) groups is 1. The molecule has 0 aliphatic heterocycles. The Hall–Kier alpha value is -0.740. The fourth-order valence-corrected chi connectivity index (χ4v) is 2.72. The predicted molar refractivity (Wildman–Crippen MR) is 68.2 cm³/mol. The van der Waals surface area contributed by atoms with E-state index in [0.29, 0.717) is 16.5 Å². The van der Waals surface area contributed by atoms with Crippen molar-refractivity contribution in [3.63, 3.8) is 0 Å². The number of hydrogen-bond donors (Lipinski definition) is 1. The van der Waals surface area contributed by atoms with Crippen molar-refractivity contribution in [1.82, 2.24) is 0 Å². The van der Waals surface area contributed by atoms with Crippen molar-refractivity contribution in [3.05, 3.63) is 34.1 Å². The van der Waals surface area contributed by atoms with Gasteiger partial charge in [0.05, 0.1) is 0 Å². The summed E-state index contributed by atoms with van der Waals surface area (Å²) in [5, 5.41) is 0. The number of benzene rings is 1. The number of ketones is 1. The molecule has 0 radical (unpaired) electrons. The summed E-state index contributed by atoms with van der Waals surface area (Å²) >= 11 is 3.21. The first-order valence-electron chi connectivity index (χ1n) is 5.72. The largest absolute Gasteiger partial charge is 0.325 e. The summed E-state index contributed by atoms with van der Waals surface area (Å²) in [5.74, 6) is -0.238. The molecule has 1 aliphatic rings. The highest BCUT2D eigenvalue weighted by molar-refractivity contribution is 9.10. The predicted octanol–water partition coefficient (Wildman–Crippen LogP) is 2.97. The van der Waals surface area contributed by atoms with Gasteiger partial charge in [-0.2, -0.15) is 0 Å². The molecule has 92 valence electrons. The van der Waals surface area contributed by atoms with Gasteiger partial charge in [-0.25, -0.2) is 4.39 Å². The molecule has 1 fully saturated rings. The molecule has 1 aliphatic carbocycles. The van der Waals surface area contributed by atoms with Gasteiger partial charge in [-0.3, -0.25) is 4.79 Å². The zero-order valence-corrected chi connectivity index (χ0v) is 11.1. The van der Waals surface area contributed by atoms with Crippen molar-refractivity contribution >= 4 is 21.7 Å². The van der Waals surface area contributed by atoms with Gasteiger partial charge in [0.2, 0.25) is 0 Å². The molecule has 4 heteroatoms. The lowest BCUT2D eigenvalue weighted by atomic mass is 9.74. The third kappa shape index (κ3) is 3.36. The zero-order valence-electron chi connectivity index (χ0n) is 9.51. The van der Waals surface area contributed by atoms with Gasteiger partial charge >= 0.3 is 0 Å². The highest BCUT2D eigenvalue weighted by Gasteiger charge is 2.34. The Morgan fingerprint density at radius 2 is 2.12 bits per heavy atom. The number of nitrogens with two attached hydrogens (primary N) is 1. The molecule has 2 nitrogen and oxygen atoms in total. The quantitative estimate of drug-likeness (QED) is 0.929. The van der Waals surface area contributed by atoms with Crippen LogP contribution in [-0.4, -0.2) is 11.3 Å². The summed E-state index contributed by atoms with van der Waals surface area (Å²) in [6, 6.07) is 4.54. The minimum absolute atomic E-state index is 0.0877. The maximum Gasteiger partial charge on any atom is 0.139 e. The van der Waals surface area contributed by atoms with E-state index >= 15 is 0 Å². The van der Waals surface area contributed by atoms with Gasteiger partial charge in [0.25, 0.3) is 0 Å². The topological polar surface area (TPSA) is 43.1 Å². The van der Waals surface area contributed by atoms with E-state index in [9.17, 15) is 9.18 Å². The van der Waals surface area contributed by atoms with Gasteiger partial charge in [0, 0.05) is 22.9 Å². The van der Waals surface area contributed by atoms with Crippen molar-refractivity contribution in [1.29, 1.82) is 0 Å². The second kappa shape index (κ2) is 4.86. The van der Waals surface area contributed by atoms with Gasteiger partial charge in [-0.15, -0.1) is 0 Å². The van der Waals surface area contributed by atoms with Crippen LogP contribution in [0.3, 0.4) is 0 Å². The van der Waals surface area contributed by atoms with E-state index in [2.05, 4.69) is 15.9 Å². The molecular weight excluding hydrogens is 285 g/mol. The van der Waals surface area contributed by atoms with Crippen LogP contribution in [0.2, 0.25) is 0 Å². The molecule has 1 saturated carbocycles. The van der Waals surface area contributed by atoms with Crippen molar-refractivity contribution in [3.8, 4) is 0 Å². The summed E-state index contributed by atoms with van der Waals surface area (Å²) in [7, 11) is 0. The molecule has 1 aromatic carbocycles. The zero-order chi connectivity index (χ0) is 12.5. The molecular formula is C13H15BrFNO. The molecule has 0 heterocycles. The Balaban J connectivity index is 1.98. The van der Waals surface area contributed by atoms with E-state index in [1.165, 1.54) is 12.1 Å². The van der Waals surface area contributed by atoms with E-state index in [-0.39, 0.29) is 23.6 Å². The SMILES string of the molecule is NC1(CC(=O)Cc2cc(F)cc(Br)c2)CCC1. The molecule has 0 saturated heterocycles. The fourth-order valence-electron chi connectivity index (χ4n) is 2.20. The van der Waals surface area contributed by atoms with Crippen LogP contribution in [0.4, 0.5) is 4.39 Å². The second-order valence-corrected chi connectivity index (χ2v) is 5.80. The van der Waals surface area contributed by atoms with Crippen LogP contribution in [0.1, 0.15) is 31.2 Å². The molecule has 0 unspecified atom stereocenters. The van der Waals surface area contributed by atoms with Crippen LogP contribution in [0.5, 0.6) is 0 Å². The van der Waals surface area contributed by atoms with Crippen molar-refractivity contribution < 1.29 is 9.18 Å². The molecule has 0 spiro atoms. The summed E-state index contributed by atoms with van der Waals surface area (Å²) in [5.41, 5.74) is 6.42. The number of Topliss-reactive ketones (excluding diaryl/α,β-unsaturated/α-hetero) is 1. The van der Waals surface area contributed by atoms with Crippen LogP contribution in [-0.2, 0) is 11.2 Å².